The van der Waals surface area contributed by atoms with Gasteiger partial charge in [-0.3, -0.25) is 18.9 Å². The second-order valence-corrected chi connectivity index (χ2v) is 11.4. The number of nitrogens with zero attached hydrogens (tertiary/aromatic N) is 3. The van der Waals surface area contributed by atoms with Crippen molar-refractivity contribution < 1.29 is 18.4 Å². The molecule has 0 bridgehead atoms. The summed E-state index contributed by atoms with van der Waals surface area (Å²) in [6, 6.07) is 21.0. The molecule has 2 N–H and O–H groups in total. The Hall–Kier alpha value is -4.41. The van der Waals surface area contributed by atoms with Crippen LogP contribution < -0.4 is 10.6 Å². The van der Waals surface area contributed by atoms with Crippen LogP contribution in [0.2, 0.25) is 0 Å². The Morgan fingerprint density at radius 1 is 0.929 bits per heavy atom. The zero-order chi connectivity index (χ0) is 29.1. The summed E-state index contributed by atoms with van der Waals surface area (Å²) < 4.78 is 28.8. The highest BCUT2D eigenvalue weighted by Crippen LogP contribution is 2.32. The lowest BCUT2D eigenvalue weighted by molar-refractivity contribution is -0.120. The van der Waals surface area contributed by atoms with Crippen LogP contribution in [0.5, 0.6) is 0 Å². The number of carbonyl (C=O) groups is 2. The molecule has 2 aromatic heterocycles. The van der Waals surface area contributed by atoms with Gasteiger partial charge in [0, 0.05) is 61.0 Å². The number of hydrogen-bond acceptors (Lipinski definition) is 5. The van der Waals surface area contributed by atoms with Crippen LogP contribution in [0.1, 0.15) is 28.1 Å². The highest BCUT2D eigenvalue weighted by Gasteiger charge is 2.23. The van der Waals surface area contributed by atoms with E-state index >= 15 is 0 Å². The van der Waals surface area contributed by atoms with Gasteiger partial charge in [-0.1, -0.05) is 42.5 Å². The molecule has 3 aromatic carbocycles. The van der Waals surface area contributed by atoms with E-state index in [1.54, 1.807) is 11.3 Å². The average Bonchev–Trinajstić information content (AvgIpc) is 3.52. The first kappa shape index (κ1) is 27.7. The van der Waals surface area contributed by atoms with Crippen molar-refractivity contribution in [1.82, 2.24) is 19.6 Å². The Morgan fingerprint density at radius 2 is 1.69 bits per heavy atom. The second-order valence-electron chi connectivity index (χ2n) is 10.4. The van der Waals surface area contributed by atoms with E-state index < -0.39 is 17.5 Å². The van der Waals surface area contributed by atoms with E-state index in [0.29, 0.717) is 5.69 Å². The Kier molecular flexibility index (Phi) is 8.07. The van der Waals surface area contributed by atoms with Gasteiger partial charge in [-0.05, 0) is 41.8 Å². The van der Waals surface area contributed by atoms with Gasteiger partial charge >= 0.3 is 0 Å². The van der Waals surface area contributed by atoms with Crippen molar-refractivity contribution in [3.8, 4) is 11.3 Å². The van der Waals surface area contributed by atoms with Gasteiger partial charge in [-0.25, -0.2) is 13.8 Å². The number of halogens is 2. The number of amides is 2. The molecular formula is C32H29F2N5O2S. The molecule has 0 radical (unpaired) electrons. The maximum atomic E-state index is 13.3. The topological polar surface area (TPSA) is 78.7 Å². The molecule has 42 heavy (non-hydrogen) atoms. The fraction of sp³-hybridized carbons (Fsp3) is 0.219. The molecular weight excluding hydrogens is 556 g/mol. The van der Waals surface area contributed by atoms with Crippen LogP contribution in [0.15, 0.2) is 79.0 Å². The average molecular weight is 586 g/mol. The molecule has 1 aliphatic heterocycles. The maximum absolute atomic E-state index is 13.3. The normalized spacial score (nSPS) is 13.2. The Bertz CT molecular complexity index is 1710. The van der Waals surface area contributed by atoms with Crippen LogP contribution in [0.25, 0.3) is 16.2 Å². The fourth-order valence-corrected chi connectivity index (χ4v) is 6.28. The summed E-state index contributed by atoms with van der Waals surface area (Å²) >= 11 is 1.75. The molecule has 3 heterocycles. The maximum Gasteiger partial charge on any atom is 0.226 e. The van der Waals surface area contributed by atoms with Crippen molar-refractivity contribution in [1.29, 1.82) is 0 Å². The lowest BCUT2D eigenvalue weighted by Gasteiger charge is -2.26. The minimum absolute atomic E-state index is 0.0642. The predicted octanol–water partition coefficient (Wildman–Crippen LogP) is 5.59. The molecule has 0 aliphatic carbocycles. The number of carbonyl (C=O) groups excluding carboxylic acids is 2. The van der Waals surface area contributed by atoms with Gasteiger partial charge in [0.1, 0.15) is 11.6 Å². The number of fused-ring (bicyclic) bond motifs is 3. The van der Waals surface area contributed by atoms with Gasteiger partial charge in [-0.15, -0.1) is 11.3 Å². The van der Waals surface area contributed by atoms with Gasteiger partial charge in [0.15, 0.2) is 4.96 Å². The number of rotatable bonds is 9. The van der Waals surface area contributed by atoms with Crippen molar-refractivity contribution >= 4 is 33.8 Å². The van der Waals surface area contributed by atoms with Crippen molar-refractivity contribution in [3.05, 3.63) is 112 Å². The lowest BCUT2D eigenvalue weighted by Crippen LogP contribution is -2.30. The SMILES string of the molecule is O=C(Cc1cc(F)cc(F)c1)NCCC(=O)Nc1ccc(-c2cn3c4c(sc3n2)CCN(Cc2ccccc2)C4)cc1. The molecule has 0 unspecified atom stereocenters. The van der Waals surface area contributed by atoms with Crippen LogP contribution in [0.3, 0.4) is 0 Å². The van der Waals surface area contributed by atoms with E-state index in [1.807, 2.05) is 30.3 Å². The first-order chi connectivity index (χ1) is 20.4. The molecule has 0 fully saturated rings. The molecule has 0 spiro atoms. The third-order valence-corrected chi connectivity index (χ3v) is 8.36. The number of imidazole rings is 1. The third-order valence-electron chi connectivity index (χ3n) is 7.20. The van der Waals surface area contributed by atoms with E-state index in [0.717, 1.165) is 60.5 Å². The summed E-state index contributed by atoms with van der Waals surface area (Å²) in [5, 5.41) is 5.43. The minimum Gasteiger partial charge on any atom is -0.355 e. The highest BCUT2D eigenvalue weighted by atomic mass is 32.1. The van der Waals surface area contributed by atoms with Crippen molar-refractivity contribution in [2.75, 3.05) is 18.4 Å². The first-order valence-corrected chi connectivity index (χ1v) is 14.6. The van der Waals surface area contributed by atoms with Crippen LogP contribution >= 0.6 is 11.3 Å². The molecule has 6 rings (SSSR count). The van der Waals surface area contributed by atoms with Crippen molar-refractivity contribution in [2.45, 2.75) is 32.4 Å². The first-order valence-electron chi connectivity index (χ1n) is 13.8. The van der Waals surface area contributed by atoms with Gasteiger partial charge in [0.05, 0.1) is 17.8 Å². The van der Waals surface area contributed by atoms with Crippen LogP contribution in [-0.4, -0.2) is 39.2 Å². The number of thiazole rings is 1. The number of nitrogens with one attached hydrogen (secondary N) is 2. The molecule has 10 heteroatoms. The summed E-state index contributed by atoms with van der Waals surface area (Å²) in [7, 11) is 0. The van der Waals surface area contributed by atoms with Gasteiger partial charge in [-0.2, -0.15) is 0 Å². The molecule has 0 atom stereocenters. The number of hydrogen-bond donors (Lipinski definition) is 2. The van der Waals surface area contributed by atoms with Crippen LogP contribution in [0.4, 0.5) is 14.5 Å². The Morgan fingerprint density at radius 3 is 2.45 bits per heavy atom. The summed E-state index contributed by atoms with van der Waals surface area (Å²) in [5.41, 5.74) is 5.32. The summed E-state index contributed by atoms with van der Waals surface area (Å²) in [6.07, 6.45) is 3.01. The third kappa shape index (κ3) is 6.56. The molecule has 7 nitrogen and oxygen atoms in total. The molecule has 0 saturated carbocycles. The van der Waals surface area contributed by atoms with E-state index in [-0.39, 0.29) is 30.9 Å². The van der Waals surface area contributed by atoms with Gasteiger partial charge in [0.2, 0.25) is 11.8 Å². The van der Waals surface area contributed by atoms with E-state index in [4.69, 9.17) is 4.98 Å². The molecule has 1 aliphatic rings. The Labute approximate surface area is 245 Å². The second kappa shape index (κ2) is 12.2. The smallest absolute Gasteiger partial charge is 0.226 e. The fourth-order valence-electron chi connectivity index (χ4n) is 5.18. The summed E-state index contributed by atoms with van der Waals surface area (Å²) in [6.45, 7) is 2.96. The Balaban J connectivity index is 1.02. The van der Waals surface area contributed by atoms with Gasteiger partial charge < -0.3 is 10.6 Å². The lowest BCUT2D eigenvalue weighted by atomic mass is 10.1. The molecule has 2 amide bonds. The molecule has 0 saturated heterocycles. The summed E-state index contributed by atoms with van der Waals surface area (Å²) in [4.78, 5) is 34.2. The minimum atomic E-state index is -0.735. The quantitative estimate of drug-likeness (QED) is 0.237. The zero-order valence-electron chi connectivity index (χ0n) is 22.8. The van der Waals surface area contributed by atoms with Gasteiger partial charge in [0.25, 0.3) is 0 Å². The van der Waals surface area contributed by atoms with Crippen LogP contribution in [0, 0.1) is 11.6 Å². The summed E-state index contributed by atoms with van der Waals surface area (Å²) in [5.74, 6) is -2.14. The zero-order valence-corrected chi connectivity index (χ0v) is 23.6. The number of benzene rings is 3. The molecule has 5 aromatic rings. The predicted molar refractivity (Wildman–Crippen MR) is 159 cm³/mol. The monoisotopic (exact) mass is 585 g/mol. The number of aromatic nitrogens is 2. The van der Waals surface area contributed by atoms with E-state index in [9.17, 15) is 18.4 Å². The van der Waals surface area contributed by atoms with E-state index in [1.165, 1.54) is 16.1 Å². The van der Waals surface area contributed by atoms with Crippen LogP contribution in [-0.2, 0) is 35.5 Å². The highest BCUT2D eigenvalue weighted by molar-refractivity contribution is 7.17. The largest absolute Gasteiger partial charge is 0.355 e. The number of anilines is 1. The van der Waals surface area contributed by atoms with Crippen molar-refractivity contribution in [2.24, 2.45) is 0 Å². The van der Waals surface area contributed by atoms with E-state index in [2.05, 4.69) is 50.4 Å². The van der Waals surface area contributed by atoms with Crippen molar-refractivity contribution in [3.63, 3.8) is 0 Å². The standard InChI is InChI=1S/C32H29F2N5O2S/c33-24-14-22(15-25(34)17-24)16-31(41)35-12-10-30(40)36-26-8-6-23(7-9-26)27-19-39-28-20-38(18-21-4-2-1-3-5-21)13-11-29(28)42-32(39)37-27/h1-9,14-15,17,19H,10-13,16,18,20H2,(H,35,41)(H,36,40). The molecule has 214 valence electrons.